The van der Waals surface area contributed by atoms with Crippen LogP contribution in [0.1, 0.15) is 37.1 Å². The number of likely N-dealkylation sites (tertiary alicyclic amines) is 1. The lowest BCUT2D eigenvalue weighted by molar-refractivity contribution is -0.127. The van der Waals surface area contributed by atoms with Gasteiger partial charge in [0.25, 0.3) is 0 Å². The molecule has 31 heavy (non-hydrogen) atoms. The summed E-state index contributed by atoms with van der Waals surface area (Å²) >= 11 is 0. The first-order chi connectivity index (χ1) is 15.1. The summed E-state index contributed by atoms with van der Waals surface area (Å²) in [7, 11) is 0. The van der Waals surface area contributed by atoms with Crippen molar-refractivity contribution >= 4 is 23.6 Å². The van der Waals surface area contributed by atoms with Crippen LogP contribution in [0.25, 0.3) is 17.5 Å². The van der Waals surface area contributed by atoms with E-state index >= 15 is 0 Å². The molecule has 4 rings (SSSR count). The van der Waals surface area contributed by atoms with Crippen molar-refractivity contribution < 1.29 is 14.1 Å². The molecule has 158 valence electrons. The molecule has 1 aromatic heterocycles. The number of anilines is 1. The Hall–Kier alpha value is -3.74. The van der Waals surface area contributed by atoms with Gasteiger partial charge in [-0.05, 0) is 48.7 Å². The molecule has 1 saturated heterocycles. The molecule has 0 bridgehead atoms. The van der Waals surface area contributed by atoms with Crippen molar-refractivity contribution in [3.63, 3.8) is 0 Å². The smallest absolute Gasteiger partial charge is 0.246 e. The van der Waals surface area contributed by atoms with E-state index in [2.05, 4.69) is 15.5 Å². The first-order valence-corrected chi connectivity index (χ1v) is 10.3. The predicted molar refractivity (Wildman–Crippen MR) is 118 cm³/mol. The molecule has 0 spiro atoms. The molecule has 0 radical (unpaired) electrons. The minimum absolute atomic E-state index is 0.0122. The maximum Gasteiger partial charge on any atom is 0.246 e. The molecule has 1 atom stereocenters. The third kappa shape index (κ3) is 5.25. The number of aromatic nitrogens is 2. The summed E-state index contributed by atoms with van der Waals surface area (Å²) in [5.41, 5.74) is 2.51. The maximum absolute atomic E-state index is 12.6. The fourth-order valence-electron chi connectivity index (χ4n) is 3.64. The van der Waals surface area contributed by atoms with Gasteiger partial charge in [-0.15, -0.1) is 0 Å². The van der Waals surface area contributed by atoms with Crippen LogP contribution in [0.15, 0.2) is 65.2 Å². The number of rotatable bonds is 5. The van der Waals surface area contributed by atoms with Gasteiger partial charge in [0, 0.05) is 37.3 Å². The second kappa shape index (κ2) is 9.38. The van der Waals surface area contributed by atoms with Gasteiger partial charge in [-0.25, -0.2) is 0 Å². The molecule has 7 heteroatoms. The van der Waals surface area contributed by atoms with Gasteiger partial charge in [0.2, 0.25) is 23.5 Å². The Labute approximate surface area is 180 Å². The zero-order chi connectivity index (χ0) is 21.6. The summed E-state index contributed by atoms with van der Waals surface area (Å²) in [5, 5.41) is 6.84. The number of carbonyl (C=O) groups is 2. The minimum atomic E-state index is -0.121. The van der Waals surface area contributed by atoms with E-state index in [1.807, 2.05) is 53.4 Å². The average molecular weight is 416 g/mol. The Kier molecular flexibility index (Phi) is 6.21. The van der Waals surface area contributed by atoms with Crippen molar-refractivity contribution in [3.05, 3.63) is 72.1 Å². The molecular weight excluding hydrogens is 392 g/mol. The topological polar surface area (TPSA) is 88.3 Å². The Balaban J connectivity index is 1.41. The largest absolute Gasteiger partial charge is 0.339 e. The normalized spacial score (nSPS) is 16.4. The van der Waals surface area contributed by atoms with Crippen molar-refractivity contribution in [3.8, 4) is 11.4 Å². The Morgan fingerprint density at radius 3 is 2.65 bits per heavy atom. The summed E-state index contributed by atoms with van der Waals surface area (Å²) < 4.78 is 5.52. The maximum atomic E-state index is 12.6. The number of piperidine rings is 1. The van der Waals surface area contributed by atoms with E-state index in [9.17, 15) is 9.59 Å². The van der Waals surface area contributed by atoms with Crippen molar-refractivity contribution in [2.75, 3.05) is 18.4 Å². The van der Waals surface area contributed by atoms with Crippen molar-refractivity contribution in [1.29, 1.82) is 0 Å². The molecule has 2 amide bonds. The quantitative estimate of drug-likeness (QED) is 0.632. The highest BCUT2D eigenvalue weighted by molar-refractivity contribution is 5.92. The Bertz CT molecular complexity index is 1070. The number of hydrogen-bond donors (Lipinski definition) is 1. The summed E-state index contributed by atoms with van der Waals surface area (Å²) in [5.74, 6) is 0.927. The number of carbonyl (C=O) groups excluding carboxylic acids is 2. The highest BCUT2D eigenvalue weighted by atomic mass is 16.5. The molecule has 0 aliphatic carbocycles. The van der Waals surface area contributed by atoms with Crippen LogP contribution in [-0.4, -0.2) is 39.9 Å². The number of benzene rings is 2. The van der Waals surface area contributed by atoms with E-state index in [-0.39, 0.29) is 17.7 Å². The molecule has 1 aliphatic heterocycles. The minimum Gasteiger partial charge on any atom is -0.339 e. The van der Waals surface area contributed by atoms with E-state index < -0.39 is 0 Å². The predicted octanol–water partition coefficient (Wildman–Crippen LogP) is 4.11. The van der Waals surface area contributed by atoms with Crippen LogP contribution in [0, 0.1) is 0 Å². The van der Waals surface area contributed by atoms with Crippen LogP contribution in [0.3, 0.4) is 0 Å². The lowest BCUT2D eigenvalue weighted by Crippen LogP contribution is -2.38. The molecule has 1 fully saturated rings. The third-order valence-corrected chi connectivity index (χ3v) is 5.21. The van der Waals surface area contributed by atoms with Crippen LogP contribution >= 0.6 is 0 Å². The molecule has 2 heterocycles. The van der Waals surface area contributed by atoms with Gasteiger partial charge in [0.15, 0.2) is 0 Å². The molecule has 0 saturated carbocycles. The van der Waals surface area contributed by atoms with Crippen LogP contribution in [0.4, 0.5) is 5.69 Å². The van der Waals surface area contributed by atoms with Crippen molar-refractivity contribution in [2.24, 2.45) is 0 Å². The Morgan fingerprint density at radius 1 is 1.13 bits per heavy atom. The van der Waals surface area contributed by atoms with E-state index in [0.29, 0.717) is 23.9 Å². The van der Waals surface area contributed by atoms with E-state index in [1.165, 1.54) is 6.92 Å². The lowest BCUT2D eigenvalue weighted by atomic mass is 9.98. The lowest BCUT2D eigenvalue weighted by Gasteiger charge is -2.30. The van der Waals surface area contributed by atoms with E-state index in [0.717, 1.165) is 30.5 Å². The summed E-state index contributed by atoms with van der Waals surface area (Å²) in [4.78, 5) is 30.2. The van der Waals surface area contributed by atoms with Crippen molar-refractivity contribution in [2.45, 2.75) is 25.7 Å². The van der Waals surface area contributed by atoms with Gasteiger partial charge >= 0.3 is 0 Å². The van der Waals surface area contributed by atoms with Gasteiger partial charge in [-0.3, -0.25) is 9.59 Å². The molecular formula is C24H24N4O3. The summed E-state index contributed by atoms with van der Waals surface area (Å²) in [6.45, 7) is 2.75. The van der Waals surface area contributed by atoms with Gasteiger partial charge in [0.05, 0.1) is 5.92 Å². The molecule has 1 N–H and O–H groups in total. The summed E-state index contributed by atoms with van der Waals surface area (Å²) in [6, 6.07) is 17.0. The highest BCUT2D eigenvalue weighted by Crippen LogP contribution is 2.28. The van der Waals surface area contributed by atoms with Crippen molar-refractivity contribution in [1.82, 2.24) is 15.0 Å². The third-order valence-electron chi connectivity index (χ3n) is 5.21. The fourth-order valence-corrected chi connectivity index (χ4v) is 3.64. The monoisotopic (exact) mass is 416 g/mol. The number of amides is 2. The van der Waals surface area contributed by atoms with Crippen LogP contribution in [0.5, 0.6) is 0 Å². The second-order valence-electron chi connectivity index (χ2n) is 7.58. The molecule has 1 aliphatic rings. The first kappa shape index (κ1) is 20.5. The SMILES string of the molecule is CC(=O)Nc1ccc(-c2noc([C@@H]3CCCN(C(=O)/C=C/c4ccccc4)C3)n2)cc1. The van der Waals surface area contributed by atoms with Gasteiger partial charge in [-0.1, -0.05) is 35.5 Å². The highest BCUT2D eigenvalue weighted by Gasteiger charge is 2.28. The molecule has 0 unspecified atom stereocenters. The van der Waals surface area contributed by atoms with Gasteiger partial charge in [-0.2, -0.15) is 4.98 Å². The van der Waals surface area contributed by atoms with Gasteiger partial charge in [0.1, 0.15) is 0 Å². The van der Waals surface area contributed by atoms with E-state index in [4.69, 9.17) is 4.52 Å². The number of nitrogens with one attached hydrogen (secondary N) is 1. The zero-order valence-corrected chi connectivity index (χ0v) is 17.3. The van der Waals surface area contributed by atoms with Crippen LogP contribution < -0.4 is 5.32 Å². The number of nitrogens with zero attached hydrogens (tertiary/aromatic N) is 3. The second-order valence-corrected chi connectivity index (χ2v) is 7.58. The standard InChI is InChI=1S/C24H24N4O3/c1-17(29)25-21-12-10-19(11-13-21)23-26-24(31-27-23)20-8-5-15-28(16-20)22(30)14-9-18-6-3-2-4-7-18/h2-4,6-7,9-14,20H,5,8,15-16H2,1H3,(H,25,29)/b14-9+/t20-/m1/s1. The Morgan fingerprint density at radius 2 is 1.90 bits per heavy atom. The molecule has 3 aromatic rings. The first-order valence-electron chi connectivity index (χ1n) is 10.3. The number of hydrogen-bond acceptors (Lipinski definition) is 5. The molecule has 2 aromatic carbocycles. The average Bonchev–Trinajstić information content (AvgIpc) is 3.29. The van der Waals surface area contributed by atoms with E-state index in [1.54, 1.807) is 18.2 Å². The fraction of sp³-hybridized carbons (Fsp3) is 0.250. The summed E-state index contributed by atoms with van der Waals surface area (Å²) in [6.07, 6.45) is 5.24. The van der Waals surface area contributed by atoms with Crippen LogP contribution in [-0.2, 0) is 9.59 Å². The van der Waals surface area contributed by atoms with Gasteiger partial charge < -0.3 is 14.7 Å². The zero-order valence-electron chi connectivity index (χ0n) is 17.3. The van der Waals surface area contributed by atoms with Crippen LogP contribution in [0.2, 0.25) is 0 Å². The molecule has 7 nitrogen and oxygen atoms in total.